The molecule has 0 aromatic heterocycles. The molecule has 2 unspecified atom stereocenters. The highest BCUT2D eigenvalue weighted by Gasteiger charge is 2.11. The highest BCUT2D eigenvalue weighted by atomic mass is 17.1. The maximum Gasteiger partial charge on any atom is 0.508 e. The zero-order chi connectivity index (χ0) is 18.0. The standard InChI is InChI=1S/C17H34O7/c1-3-5-9-15(23-19)11-7-13-21-17(18)22-14-8-12-16(24-20)10-6-4-2/h15-16,19-20H,3-14H2,1-2H3. The zero-order valence-electron chi connectivity index (χ0n) is 15.1. The molecular formula is C17H34O7. The molecule has 2 N–H and O–H groups in total. The predicted molar refractivity (Wildman–Crippen MR) is 89.8 cm³/mol. The van der Waals surface area contributed by atoms with Crippen LogP contribution in [0.1, 0.15) is 78.1 Å². The van der Waals surface area contributed by atoms with Gasteiger partial charge in [-0.3, -0.25) is 10.5 Å². The largest absolute Gasteiger partial charge is 0.508 e. The molecule has 0 spiro atoms. The van der Waals surface area contributed by atoms with Crippen LogP contribution in [0.15, 0.2) is 0 Å². The van der Waals surface area contributed by atoms with Crippen molar-refractivity contribution in [2.45, 2.75) is 90.3 Å². The molecule has 7 nitrogen and oxygen atoms in total. The Bertz CT molecular complexity index is 260. The van der Waals surface area contributed by atoms with Crippen LogP contribution in [0.5, 0.6) is 0 Å². The number of unbranched alkanes of at least 4 members (excludes halogenated alkanes) is 2. The SMILES string of the molecule is CCCCC(CCCOC(=O)OCCCC(CCCC)OO)OO. The first-order valence-corrected chi connectivity index (χ1v) is 9.07. The van der Waals surface area contributed by atoms with E-state index in [1.165, 1.54) is 0 Å². The van der Waals surface area contributed by atoms with Crippen LogP contribution in [0, 0.1) is 0 Å². The zero-order valence-corrected chi connectivity index (χ0v) is 15.1. The fraction of sp³-hybridized carbons (Fsp3) is 0.941. The third-order valence-electron chi connectivity index (χ3n) is 3.84. The molecule has 0 heterocycles. The van der Waals surface area contributed by atoms with Gasteiger partial charge >= 0.3 is 6.16 Å². The lowest BCUT2D eigenvalue weighted by molar-refractivity contribution is -0.281. The molecule has 144 valence electrons. The van der Waals surface area contributed by atoms with E-state index < -0.39 is 6.16 Å². The quantitative estimate of drug-likeness (QED) is 0.179. The van der Waals surface area contributed by atoms with Crippen LogP contribution in [-0.4, -0.2) is 42.1 Å². The minimum atomic E-state index is -0.694. The Balaban J connectivity index is 3.58. The highest BCUT2D eigenvalue weighted by Crippen LogP contribution is 2.11. The molecule has 0 amide bonds. The van der Waals surface area contributed by atoms with Crippen molar-refractivity contribution in [2.75, 3.05) is 13.2 Å². The van der Waals surface area contributed by atoms with Gasteiger partial charge in [0.2, 0.25) is 0 Å². The molecule has 0 saturated heterocycles. The fourth-order valence-corrected chi connectivity index (χ4v) is 2.34. The van der Waals surface area contributed by atoms with Crippen molar-refractivity contribution < 1.29 is 34.6 Å². The molecule has 0 aliphatic heterocycles. The summed E-state index contributed by atoms with van der Waals surface area (Å²) < 4.78 is 9.92. The van der Waals surface area contributed by atoms with Crippen molar-refractivity contribution in [3.63, 3.8) is 0 Å². The Morgan fingerprint density at radius 1 is 0.750 bits per heavy atom. The molecule has 0 aromatic rings. The van der Waals surface area contributed by atoms with Gasteiger partial charge in [-0.1, -0.05) is 39.5 Å². The van der Waals surface area contributed by atoms with E-state index in [9.17, 15) is 4.79 Å². The van der Waals surface area contributed by atoms with E-state index in [0.29, 0.717) is 25.7 Å². The first-order valence-electron chi connectivity index (χ1n) is 9.07. The Hall–Kier alpha value is -0.890. The van der Waals surface area contributed by atoms with Gasteiger partial charge in [0.05, 0.1) is 25.4 Å². The van der Waals surface area contributed by atoms with E-state index in [1.54, 1.807) is 0 Å². The van der Waals surface area contributed by atoms with E-state index in [4.69, 9.17) is 20.0 Å². The van der Waals surface area contributed by atoms with Crippen molar-refractivity contribution >= 4 is 6.16 Å². The molecule has 0 aliphatic carbocycles. The number of hydrogen-bond acceptors (Lipinski definition) is 7. The van der Waals surface area contributed by atoms with Crippen molar-refractivity contribution in [1.29, 1.82) is 0 Å². The van der Waals surface area contributed by atoms with Crippen molar-refractivity contribution in [3.8, 4) is 0 Å². The van der Waals surface area contributed by atoms with E-state index >= 15 is 0 Å². The van der Waals surface area contributed by atoms with Crippen LogP contribution in [0.25, 0.3) is 0 Å². The normalized spacial score (nSPS) is 13.5. The molecule has 0 saturated carbocycles. The summed E-state index contributed by atoms with van der Waals surface area (Å²) in [5.74, 6) is 0. The molecule has 0 bridgehead atoms. The van der Waals surface area contributed by atoms with Crippen LogP contribution in [0.3, 0.4) is 0 Å². The van der Waals surface area contributed by atoms with Crippen LogP contribution < -0.4 is 0 Å². The summed E-state index contributed by atoms with van der Waals surface area (Å²) in [6, 6.07) is 0. The summed E-state index contributed by atoms with van der Waals surface area (Å²) in [5.41, 5.74) is 0. The van der Waals surface area contributed by atoms with Crippen molar-refractivity contribution in [2.24, 2.45) is 0 Å². The summed E-state index contributed by atoms with van der Waals surface area (Å²) >= 11 is 0. The number of rotatable bonds is 16. The minimum Gasteiger partial charge on any atom is -0.434 e. The second-order valence-corrected chi connectivity index (χ2v) is 5.97. The van der Waals surface area contributed by atoms with Gasteiger partial charge < -0.3 is 9.47 Å². The topological polar surface area (TPSA) is 94.5 Å². The summed E-state index contributed by atoms with van der Waals surface area (Å²) in [6.45, 7) is 4.63. The van der Waals surface area contributed by atoms with Gasteiger partial charge in [0.1, 0.15) is 0 Å². The van der Waals surface area contributed by atoms with Gasteiger partial charge in [0.25, 0.3) is 0 Å². The van der Waals surface area contributed by atoms with Gasteiger partial charge in [-0.2, -0.15) is 0 Å². The van der Waals surface area contributed by atoms with E-state index in [-0.39, 0.29) is 25.4 Å². The maximum atomic E-state index is 11.4. The van der Waals surface area contributed by atoms with Gasteiger partial charge in [0, 0.05) is 0 Å². The molecule has 2 atom stereocenters. The molecule has 24 heavy (non-hydrogen) atoms. The number of ether oxygens (including phenoxy) is 2. The second kappa shape index (κ2) is 17.0. The first kappa shape index (κ1) is 23.1. The molecular weight excluding hydrogens is 316 g/mol. The second-order valence-electron chi connectivity index (χ2n) is 5.97. The third-order valence-corrected chi connectivity index (χ3v) is 3.84. The van der Waals surface area contributed by atoms with Gasteiger partial charge in [-0.05, 0) is 38.5 Å². The average molecular weight is 350 g/mol. The van der Waals surface area contributed by atoms with Crippen LogP contribution in [0.2, 0.25) is 0 Å². The number of carbonyl (C=O) groups excluding carboxylic acids is 1. The predicted octanol–water partition coefficient (Wildman–Crippen LogP) is 4.80. The highest BCUT2D eigenvalue weighted by molar-refractivity contribution is 5.59. The molecule has 0 aliphatic rings. The molecule has 0 rings (SSSR count). The van der Waals surface area contributed by atoms with Crippen LogP contribution in [-0.2, 0) is 19.2 Å². The average Bonchev–Trinajstić information content (AvgIpc) is 2.60. The van der Waals surface area contributed by atoms with Crippen LogP contribution >= 0.6 is 0 Å². The smallest absolute Gasteiger partial charge is 0.434 e. The Labute approximate surface area is 145 Å². The Morgan fingerprint density at radius 2 is 1.12 bits per heavy atom. The Kier molecular flexibility index (Phi) is 16.3. The minimum absolute atomic E-state index is 0.205. The van der Waals surface area contributed by atoms with E-state index in [0.717, 1.165) is 38.5 Å². The summed E-state index contributed by atoms with van der Waals surface area (Å²) in [4.78, 5) is 20.2. The lowest BCUT2D eigenvalue weighted by Crippen LogP contribution is -2.15. The monoisotopic (exact) mass is 350 g/mol. The fourth-order valence-electron chi connectivity index (χ4n) is 2.34. The third kappa shape index (κ3) is 13.5. The van der Waals surface area contributed by atoms with E-state index in [1.807, 2.05) is 0 Å². The lowest BCUT2D eigenvalue weighted by atomic mass is 10.1. The lowest BCUT2D eigenvalue weighted by Gasteiger charge is -2.13. The summed E-state index contributed by atoms with van der Waals surface area (Å²) in [6.07, 6.45) is 7.05. The Morgan fingerprint density at radius 3 is 1.46 bits per heavy atom. The van der Waals surface area contributed by atoms with Crippen molar-refractivity contribution in [1.82, 2.24) is 0 Å². The molecule has 0 fully saturated rings. The van der Waals surface area contributed by atoms with Crippen molar-refractivity contribution in [3.05, 3.63) is 0 Å². The number of carbonyl (C=O) groups is 1. The van der Waals surface area contributed by atoms with Crippen LogP contribution in [0.4, 0.5) is 4.79 Å². The first-order chi connectivity index (χ1) is 11.7. The molecule has 7 heteroatoms. The van der Waals surface area contributed by atoms with Gasteiger partial charge in [-0.25, -0.2) is 14.6 Å². The van der Waals surface area contributed by atoms with E-state index in [2.05, 4.69) is 23.6 Å². The van der Waals surface area contributed by atoms with Gasteiger partial charge in [-0.15, -0.1) is 0 Å². The molecule has 0 radical (unpaired) electrons. The molecule has 0 aromatic carbocycles. The number of hydrogen-bond donors (Lipinski definition) is 2. The van der Waals surface area contributed by atoms with Gasteiger partial charge in [0.15, 0.2) is 0 Å². The summed E-state index contributed by atoms with van der Waals surface area (Å²) in [7, 11) is 0. The maximum absolute atomic E-state index is 11.4. The summed E-state index contributed by atoms with van der Waals surface area (Å²) in [5, 5.41) is 17.5.